The lowest BCUT2D eigenvalue weighted by Gasteiger charge is -2.24. The number of esters is 2. The van der Waals surface area contributed by atoms with E-state index in [0.717, 1.165) is 21.2 Å². The van der Waals surface area contributed by atoms with E-state index < -0.39 is 12.0 Å². The monoisotopic (exact) mass is 752 g/mol. The van der Waals surface area contributed by atoms with Crippen molar-refractivity contribution in [3.63, 3.8) is 0 Å². The summed E-state index contributed by atoms with van der Waals surface area (Å²) in [4.78, 5) is 44.4. The van der Waals surface area contributed by atoms with Crippen LogP contribution in [-0.4, -0.2) is 29.7 Å². The van der Waals surface area contributed by atoms with Crippen LogP contribution >= 0.6 is 43.2 Å². The van der Waals surface area contributed by atoms with Crippen molar-refractivity contribution in [1.82, 2.24) is 4.57 Å². The molecule has 0 bridgehead atoms. The molecular weight excluding hydrogens is 724 g/mol. The highest BCUT2D eigenvalue weighted by Crippen LogP contribution is 2.35. The number of carbonyl (C=O) groups is 2. The molecule has 0 saturated heterocycles. The van der Waals surface area contributed by atoms with Gasteiger partial charge in [-0.15, -0.1) is 0 Å². The van der Waals surface area contributed by atoms with Gasteiger partial charge in [0.25, 0.3) is 5.56 Å². The van der Waals surface area contributed by atoms with Crippen LogP contribution in [0, 0.1) is 6.92 Å². The van der Waals surface area contributed by atoms with Crippen LogP contribution in [0.1, 0.15) is 59.4 Å². The van der Waals surface area contributed by atoms with Crippen LogP contribution < -0.4 is 19.6 Å². The molecule has 1 aromatic heterocycles. The average Bonchev–Trinajstić information content (AvgIpc) is 3.30. The minimum Gasteiger partial charge on any atom is -0.487 e. The highest BCUT2D eigenvalue weighted by molar-refractivity contribution is 9.11. The normalized spacial score (nSPS) is 14.5. The largest absolute Gasteiger partial charge is 0.487 e. The van der Waals surface area contributed by atoms with Crippen LogP contribution in [0.25, 0.3) is 6.08 Å². The smallest absolute Gasteiger partial charge is 0.338 e. The second kappa shape index (κ2) is 14.1. The Balaban J connectivity index is 1.56. The first kappa shape index (κ1) is 32.6. The molecule has 3 aromatic carbocycles. The van der Waals surface area contributed by atoms with Crippen molar-refractivity contribution < 1.29 is 23.8 Å². The molecule has 45 heavy (non-hydrogen) atoms. The topological polar surface area (TPSA) is 96.2 Å². The van der Waals surface area contributed by atoms with Gasteiger partial charge < -0.3 is 14.2 Å². The number of benzene rings is 3. The molecule has 1 aliphatic heterocycles. The summed E-state index contributed by atoms with van der Waals surface area (Å²) in [5, 5.41) is 0. The van der Waals surface area contributed by atoms with Gasteiger partial charge >= 0.3 is 11.9 Å². The fourth-order valence-corrected chi connectivity index (χ4v) is 7.35. The summed E-state index contributed by atoms with van der Waals surface area (Å²) in [7, 11) is 0. The van der Waals surface area contributed by atoms with Crippen LogP contribution in [0.2, 0.25) is 0 Å². The van der Waals surface area contributed by atoms with Gasteiger partial charge in [0.1, 0.15) is 12.4 Å². The standard InChI is InChI=1S/C34H30Br2N2O6S/c1-5-42-32(40)23-13-9-21(10-14-23)18-44-30-24(15-25(35)17-26(30)36)16-27-31(39)38-29(22-11-7-19(3)8-12-22)28(33(41)43-6-2)20(4)37-34(38)45-27/h7-17,29H,5-6,18H2,1-4H3/b27-16-/t29-/m0/s1. The second-order valence-corrected chi connectivity index (χ2v) is 13.0. The molecule has 11 heteroatoms. The van der Waals surface area contributed by atoms with Crippen molar-refractivity contribution >= 4 is 61.2 Å². The second-order valence-electron chi connectivity index (χ2n) is 10.2. The first-order chi connectivity index (χ1) is 21.6. The van der Waals surface area contributed by atoms with E-state index in [9.17, 15) is 14.4 Å². The quantitative estimate of drug-likeness (QED) is 0.184. The zero-order valence-corrected chi connectivity index (χ0v) is 29.0. The zero-order valence-electron chi connectivity index (χ0n) is 25.1. The van der Waals surface area contributed by atoms with Crippen molar-refractivity contribution in [3.8, 4) is 5.75 Å². The SMILES string of the molecule is CCOC(=O)C1=C(C)N=c2s/c(=C\c3cc(Br)cc(Br)c3OCc3ccc(C(=O)OCC)cc3)c(=O)n2[C@H]1c1ccc(C)cc1. The van der Waals surface area contributed by atoms with Crippen molar-refractivity contribution in [3.05, 3.63) is 128 Å². The Morgan fingerprint density at radius 2 is 1.62 bits per heavy atom. The molecule has 4 aromatic rings. The van der Waals surface area contributed by atoms with Gasteiger partial charge in [-0.3, -0.25) is 9.36 Å². The Labute approximate surface area is 280 Å². The highest BCUT2D eigenvalue weighted by Gasteiger charge is 2.33. The van der Waals surface area contributed by atoms with E-state index in [0.29, 0.717) is 48.6 Å². The van der Waals surface area contributed by atoms with Gasteiger partial charge in [-0.25, -0.2) is 14.6 Å². The molecule has 0 unspecified atom stereocenters. The number of nitrogens with zero attached hydrogens (tertiary/aromatic N) is 2. The Hall–Kier alpha value is -3.80. The summed E-state index contributed by atoms with van der Waals surface area (Å²) in [6, 6.07) is 17.8. The Morgan fingerprint density at radius 3 is 2.29 bits per heavy atom. The fraction of sp³-hybridized carbons (Fsp3) is 0.235. The number of aromatic nitrogens is 1. The first-order valence-electron chi connectivity index (χ1n) is 14.2. The molecule has 0 saturated carbocycles. The lowest BCUT2D eigenvalue weighted by atomic mass is 9.95. The van der Waals surface area contributed by atoms with E-state index in [2.05, 4.69) is 36.9 Å². The molecule has 1 aliphatic rings. The molecule has 2 heterocycles. The predicted octanol–water partition coefficient (Wildman–Crippen LogP) is 6.39. The van der Waals surface area contributed by atoms with E-state index in [1.807, 2.05) is 55.5 Å². The molecule has 0 aliphatic carbocycles. The minimum atomic E-state index is -0.689. The van der Waals surface area contributed by atoms with Crippen molar-refractivity contribution in [2.24, 2.45) is 4.99 Å². The summed E-state index contributed by atoms with van der Waals surface area (Å²) in [6.45, 7) is 8.00. The molecule has 0 N–H and O–H groups in total. The average molecular weight is 754 g/mol. The molecule has 0 spiro atoms. The zero-order chi connectivity index (χ0) is 32.2. The van der Waals surface area contributed by atoms with Crippen LogP contribution in [0.15, 0.2) is 90.7 Å². The predicted molar refractivity (Wildman–Crippen MR) is 180 cm³/mol. The molecule has 232 valence electrons. The highest BCUT2D eigenvalue weighted by atomic mass is 79.9. The molecule has 0 radical (unpaired) electrons. The number of thiazole rings is 1. The summed E-state index contributed by atoms with van der Waals surface area (Å²) in [5.41, 5.74) is 4.39. The Bertz CT molecular complexity index is 1980. The summed E-state index contributed by atoms with van der Waals surface area (Å²) in [5.74, 6) is -0.337. The molecular formula is C34H30Br2N2O6S. The lowest BCUT2D eigenvalue weighted by Crippen LogP contribution is -2.39. The first-order valence-corrected chi connectivity index (χ1v) is 16.7. The number of hydrogen-bond donors (Lipinski definition) is 0. The maximum absolute atomic E-state index is 14.1. The third-order valence-electron chi connectivity index (χ3n) is 7.08. The van der Waals surface area contributed by atoms with Crippen molar-refractivity contribution in [1.29, 1.82) is 0 Å². The fourth-order valence-electron chi connectivity index (χ4n) is 4.94. The van der Waals surface area contributed by atoms with E-state index in [1.54, 1.807) is 43.5 Å². The van der Waals surface area contributed by atoms with Gasteiger partial charge in [0.2, 0.25) is 0 Å². The number of carbonyl (C=O) groups excluding carboxylic acids is 2. The van der Waals surface area contributed by atoms with Crippen LogP contribution in [0.5, 0.6) is 5.75 Å². The molecule has 0 amide bonds. The van der Waals surface area contributed by atoms with Crippen LogP contribution in [0.4, 0.5) is 0 Å². The van der Waals surface area contributed by atoms with E-state index in [4.69, 9.17) is 14.2 Å². The number of allylic oxidation sites excluding steroid dienone is 1. The number of rotatable bonds is 9. The lowest BCUT2D eigenvalue weighted by molar-refractivity contribution is -0.139. The maximum atomic E-state index is 14.1. The van der Waals surface area contributed by atoms with E-state index in [-0.39, 0.29) is 24.7 Å². The van der Waals surface area contributed by atoms with Gasteiger partial charge in [-0.1, -0.05) is 69.2 Å². The third-order valence-corrected chi connectivity index (χ3v) is 9.11. The third kappa shape index (κ3) is 7.05. The molecule has 5 rings (SSSR count). The minimum absolute atomic E-state index is 0.205. The van der Waals surface area contributed by atoms with Crippen molar-refractivity contribution in [2.45, 2.75) is 40.3 Å². The number of fused-ring (bicyclic) bond motifs is 1. The number of halogens is 2. The van der Waals surface area contributed by atoms with Gasteiger partial charge in [0.05, 0.1) is 45.1 Å². The van der Waals surface area contributed by atoms with Gasteiger partial charge in [-0.05, 0) is 85.1 Å². The number of ether oxygens (including phenoxy) is 3. The molecule has 8 nitrogen and oxygen atoms in total. The summed E-state index contributed by atoms with van der Waals surface area (Å²) >= 11 is 8.41. The van der Waals surface area contributed by atoms with E-state index in [1.165, 1.54) is 11.3 Å². The Kier molecular flexibility index (Phi) is 10.2. The number of aryl methyl sites for hydroxylation is 1. The van der Waals surface area contributed by atoms with Gasteiger partial charge in [0.15, 0.2) is 4.80 Å². The number of hydrogen-bond acceptors (Lipinski definition) is 8. The van der Waals surface area contributed by atoms with Gasteiger partial charge in [0, 0.05) is 10.0 Å². The molecule has 1 atom stereocenters. The van der Waals surface area contributed by atoms with Gasteiger partial charge in [-0.2, -0.15) is 0 Å². The maximum Gasteiger partial charge on any atom is 0.338 e. The molecule has 0 fully saturated rings. The van der Waals surface area contributed by atoms with E-state index >= 15 is 0 Å². The van der Waals surface area contributed by atoms with Crippen LogP contribution in [-0.2, 0) is 20.9 Å². The van der Waals surface area contributed by atoms with Crippen LogP contribution in [0.3, 0.4) is 0 Å². The summed E-state index contributed by atoms with van der Waals surface area (Å²) in [6.07, 6.45) is 1.77. The van der Waals surface area contributed by atoms with Crippen molar-refractivity contribution in [2.75, 3.05) is 13.2 Å². The Morgan fingerprint density at radius 1 is 0.956 bits per heavy atom. The summed E-state index contributed by atoms with van der Waals surface area (Å²) < 4.78 is 20.2.